The Morgan fingerprint density at radius 3 is 2.03 bits per heavy atom. The number of aliphatic carboxylic acids is 1. The SMILES string of the molecule is O=C(N[C@H](Cc1c2ccccc2cc2ccccc12)C(=O)O)c1ccc2ccccc2n1. The lowest BCUT2D eigenvalue weighted by atomic mass is 9.92. The third-order valence-electron chi connectivity index (χ3n) is 5.73. The van der Waals surface area contributed by atoms with Gasteiger partial charge in [-0.3, -0.25) is 4.79 Å². The highest BCUT2D eigenvalue weighted by Crippen LogP contribution is 2.29. The molecule has 0 aliphatic heterocycles. The molecule has 0 aliphatic rings. The molecule has 2 N–H and O–H groups in total. The summed E-state index contributed by atoms with van der Waals surface area (Å²) in [6.45, 7) is 0. The zero-order valence-corrected chi connectivity index (χ0v) is 17.2. The molecule has 32 heavy (non-hydrogen) atoms. The predicted molar refractivity (Wildman–Crippen MR) is 126 cm³/mol. The van der Waals surface area contributed by atoms with Gasteiger partial charge in [0.2, 0.25) is 0 Å². The summed E-state index contributed by atoms with van der Waals surface area (Å²) in [6.07, 6.45) is 0.163. The number of carboxylic acids is 1. The molecule has 0 fully saturated rings. The third-order valence-corrected chi connectivity index (χ3v) is 5.73. The largest absolute Gasteiger partial charge is 0.480 e. The van der Waals surface area contributed by atoms with E-state index in [0.29, 0.717) is 5.52 Å². The van der Waals surface area contributed by atoms with Crippen LogP contribution in [0.15, 0.2) is 91.0 Å². The number of rotatable bonds is 5. The highest BCUT2D eigenvalue weighted by atomic mass is 16.4. The number of fused-ring (bicyclic) bond motifs is 3. The van der Waals surface area contributed by atoms with Gasteiger partial charge in [0, 0.05) is 11.8 Å². The van der Waals surface area contributed by atoms with Gasteiger partial charge >= 0.3 is 5.97 Å². The van der Waals surface area contributed by atoms with E-state index in [1.54, 1.807) is 6.07 Å². The van der Waals surface area contributed by atoms with Gasteiger partial charge < -0.3 is 10.4 Å². The monoisotopic (exact) mass is 420 g/mol. The second-order valence-corrected chi connectivity index (χ2v) is 7.75. The van der Waals surface area contributed by atoms with Gasteiger partial charge in [0.05, 0.1) is 5.52 Å². The summed E-state index contributed by atoms with van der Waals surface area (Å²) < 4.78 is 0. The Morgan fingerprint density at radius 2 is 1.38 bits per heavy atom. The fourth-order valence-corrected chi connectivity index (χ4v) is 4.16. The molecule has 0 aliphatic carbocycles. The van der Waals surface area contributed by atoms with E-state index >= 15 is 0 Å². The Kier molecular flexibility index (Phi) is 5.00. The smallest absolute Gasteiger partial charge is 0.326 e. The van der Waals surface area contributed by atoms with E-state index in [2.05, 4.69) is 16.4 Å². The lowest BCUT2D eigenvalue weighted by Gasteiger charge is -2.18. The predicted octanol–water partition coefficient (Wildman–Crippen LogP) is 4.97. The molecular formula is C27H20N2O3. The lowest BCUT2D eigenvalue weighted by molar-refractivity contribution is -0.139. The first kappa shape index (κ1) is 19.7. The third kappa shape index (κ3) is 3.65. The van der Waals surface area contributed by atoms with E-state index in [1.807, 2.05) is 78.9 Å². The molecule has 156 valence electrons. The Morgan fingerprint density at radius 1 is 0.781 bits per heavy atom. The molecule has 5 nitrogen and oxygen atoms in total. The van der Waals surface area contributed by atoms with Crippen molar-refractivity contribution in [2.75, 3.05) is 0 Å². The Balaban J connectivity index is 1.51. The number of hydrogen-bond donors (Lipinski definition) is 2. The van der Waals surface area contributed by atoms with Gasteiger partial charge in [-0.25, -0.2) is 9.78 Å². The summed E-state index contributed by atoms with van der Waals surface area (Å²) in [5.41, 5.74) is 1.78. The molecule has 0 saturated carbocycles. The quantitative estimate of drug-likeness (QED) is 0.394. The van der Waals surface area contributed by atoms with Crippen LogP contribution in [0.1, 0.15) is 16.1 Å². The Labute approximate surface area is 184 Å². The van der Waals surface area contributed by atoms with Crippen molar-refractivity contribution in [3.05, 3.63) is 102 Å². The molecule has 0 radical (unpaired) electrons. The van der Waals surface area contributed by atoms with Crippen molar-refractivity contribution in [3.8, 4) is 0 Å². The second kappa shape index (κ2) is 8.12. The van der Waals surface area contributed by atoms with Crippen LogP contribution in [-0.2, 0) is 11.2 Å². The van der Waals surface area contributed by atoms with E-state index in [4.69, 9.17) is 0 Å². The Bertz CT molecular complexity index is 1440. The first-order valence-corrected chi connectivity index (χ1v) is 10.4. The number of pyridine rings is 1. The van der Waals surface area contributed by atoms with Crippen LogP contribution >= 0.6 is 0 Å². The molecule has 5 aromatic rings. The van der Waals surface area contributed by atoms with Crippen LogP contribution in [0.5, 0.6) is 0 Å². The van der Waals surface area contributed by atoms with Crippen LogP contribution in [0.2, 0.25) is 0 Å². The summed E-state index contributed by atoms with van der Waals surface area (Å²) in [5.74, 6) is -1.59. The molecule has 1 amide bonds. The van der Waals surface area contributed by atoms with E-state index in [0.717, 1.165) is 32.5 Å². The Hall–Kier alpha value is -4.25. The number of benzene rings is 4. The number of nitrogens with zero attached hydrogens (tertiary/aromatic N) is 1. The number of amides is 1. The summed E-state index contributed by atoms with van der Waals surface area (Å²) >= 11 is 0. The lowest BCUT2D eigenvalue weighted by Crippen LogP contribution is -2.42. The van der Waals surface area contributed by atoms with Gasteiger partial charge in [-0.1, -0.05) is 72.8 Å². The van der Waals surface area contributed by atoms with Crippen molar-refractivity contribution in [1.29, 1.82) is 0 Å². The highest BCUT2D eigenvalue weighted by Gasteiger charge is 2.24. The second-order valence-electron chi connectivity index (χ2n) is 7.75. The fourth-order valence-electron chi connectivity index (χ4n) is 4.16. The minimum Gasteiger partial charge on any atom is -0.480 e. The fraction of sp³-hybridized carbons (Fsp3) is 0.0741. The van der Waals surface area contributed by atoms with Crippen molar-refractivity contribution in [1.82, 2.24) is 10.3 Å². The van der Waals surface area contributed by atoms with Gasteiger partial charge in [-0.15, -0.1) is 0 Å². The van der Waals surface area contributed by atoms with Crippen LogP contribution in [0.3, 0.4) is 0 Å². The average molecular weight is 420 g/mol. The number of para-hydroxylation sites is 1. The molecule has 1 atom stereocenters. The maximum absolute atomic E-state index is 12.9. The minimum absolute atomic E-state index is 0.163. The molecule has 0 saturated heterocycles. The maximum atomic E-state index is 12.9. The first-order chi connectivity index (χ1) is 15.6. The van der Waals surface area contributed by atoms with Gasteiger partial charge in [0.15, 0.2) is 0 Å². The number of nitrogens with one attached hydrogen (secondary N) is 1. The van der Waals surface area contributed by atoms with Crippen LogP contribution in [0.4, 0.5) is 0 Å². The van der Waals surface area contributed by atoms with Gasteiger partial charge in [-0.05, 0) is 45.3 Å². The first-order valence-electron chi connectivity index (χ1n) is 10.4. The van der Waals surface area contributed by atoms with Crippen LogP contribution in [-0.4, -0.2) is 28.0 Å². The van der Waals surface area contributed by atoms with Crippen molar-refractivity contribution in [2.24, 2.45) is 0 Å². The molecule has 1 aromatic heterocycles. The van der Waals surface area contributed by atoms with Gasteiger partial charge in [-0.2, -0.15) is 0 Å². The molecule has 1 heterocycles. The number of aromatic nitrogens is 1. The molecule has 4 aromatic carbocycles. The van der Waals surface area contributed by atoms with Crippen molar-refractivity contribution in [3.63, 3.8) is 0 Å². The molecule has 5 heteroatoms. The zero-order valence-electron chi connectivity index (χ0n) is 17.2. The van der Waals surface area contributed by atoms with E-state index < -0.39 is 17.9 Å². The normalized spacial score (nSPS) is 12.1. The summed E-state index contributed by atoms with van der Waals surface area (Å²) in [6, 6.07) is 27.7. The van der Waals surface area contributed by atoms with Crippen molar-refractivity contribution in [2.45, 2.75) is 12.5 Å². The molecule has 0 spiro atoms. The standard InChI is InChI=1S/C27H20N2O3/c30-26(24-14-13-17-7-3-6-12-23(17)28-24)29-25(27(31)32)16-22-20-10-4-1-8-18(20)15-19-9-2-5-11-21(19)22/h1-15,25H,16H2,(H,29,30)(H,31,32)/t25-/m1/s1. The van der Waals surface area contributed by atoms with Gasteiger partial charge in [0.25, 0.3) is 5.91 Å². The van der Waals surface area contributed by atoms with Crippen LogP contribution in [0, 0.1) is 0 Å². The van der Waals surface area contributed by atoms with Gasteiger partial charge in [0.1, 0.15) is 11.7 Å². The topological polar surface area (TPSA) is 79.3 Å². The minimum atomic E-state index is -1.09. The molecule has 5 rings (SSSR count). The van der Waals surface area contributed by atoms with E-state index in [1.165, 1.54) is 0 Å². The molecule has 0 bridgehead atoms. The van der Waals surface area contributed by atoms with E-state index in [9.17, 15) is 14.7 Å². The molecule has 0 unspecified atom stereocenters. The van der Waals surface area contributed by atoms with Crippen LogP contribution < -0.4 is 5.32 Å². The summed E-state index contributed by atoms with van der Waals surface area (Å²) in [5, 5.41) is 17.5. The van der Waals surface area contributed by atoms with E-state index in [-0.39, 0.29) is 12.1 Å². The van der Waals surface area contributed by atoms with Crippen molar-refractivity contribution >= 4 is 44.3 Å². The zero-order chi connectivity index (χ0) is 22.1. The summed E-state index contributed by atoms with van der Waals surface area (Å²) in [4.78, 5) is 29.4. The average Bonchev–Trinajstić information content (AvgIpc) is 2.82. The number of carbonyl (C=O) groups is 2. The summed E-state index contributed by atoms with van der Waals surface area (Å²) in [7, 11) is 0. The number of hydrogen-bond acceptors (Lipinski definition) is 3. The highest BCUT2D eigenvalue weighted by molar-refractivity contribution is 6.03. The van der Waals surface area contributed by atoms with Crippen molar-refractivity contribution < 1.29 is 14.7 Å². The maximum Gasteiger partial charge on any atom is 0.326 e. The molecular weight excluding hydrogens is 400 g/mol. The number of carboxylic acid groups (broad SMARTS) is 1. The number of carbonyl (C=O) groups excluding carboxylic acids is 1. The van der Waals surface area contributed by atoms with Crippen LogP contribution in [0.25, 0.3) is 32.4 Å².